The van der Waals surface area contributed by atoms with Gasteiger partial charge in [0.1, 0.15) is 11.9 Å². The molecular formula is C21H18N2O. The molecule has 3 aromatic carbocycles. The van der Waals surface area contributed by atoms with E-state index in [2.05, 4.69) is 52.0 Å². The number of aromatic nitrogens is 2. The van der Waals surface area contributed by atoms with Crippen molar-refractivity contribution in [2.24, 2.45) is 0 Å². The van der Waals surface area contributed by atoms with Crippen LogP contribution in [0.2, 0.25) is 0 Å². The Bertz CT molecular complexity index is 912. The van der Waals surface area contributed by atoms with E-state index in [1.807, 2.05) is 42.9 Å². The Balaban J connectivity index is 1.76. The summed E-state index contributed by atoms with van der Waals surface area (Å²) in [4.78, 5) is 4.15. The molecule has 0 saturated heterocycles. The lowest BCUT2D eigenvalue weighted by molar-refractivity contribution is 0.185. The van der Waals surface area contributed by atoms with Crippen LogP contribution in [-0.4, -0.2) is 9.55 Å². The Hall–Kier alpha value is -3.07. The molecule has 1 heterocycles. The van der Waals surface area contributed by atoms with E-state index in [1.165, 1.54) is 16.3 Å². The number of hydrogen-bond donors (Lipinski definition) is 0. The molecule has 0 aliphatic heterocycles. The molecule has 24 heavy (non-hydrogen) atoms. The van der Waals surface area contributed by atoms with Crippen LogP contribution >= 0.6 is 0 Å². The summed E-state index contributed by atoms with van der Waals surface area (Å²) in [6.07, 6.45) is 5.49. The molecule has 0 N–H and O–H groups in total. The summed E-state index contributed by atoms with van der Waals surface area (Å²) < 4.78 is 8.38. The fraction of sp³-hybridized carbons (Fsp3) is 0.0952. The molecule has 3 heteroatoms. The van der Waals surface area contributed by atoms with Gasteiger partial charge in [0.25, 0.3) is 0 Å². The first-order valence-electron chi connectivity index (χ1n) is 8.05. The second kappa shape index (κ2) is 6.59. The van der Waals surface area contributed by atoms with Crippen molar-refractivity contribution in [1.29, 1.82) is 0 Å². The van der Waals surface area contributed by atoms with Crippen LogP contribution in [0.25, 0.3) is 10.8 Å². The summed E-state index contributed by atoms with van der Waals surface area (Å²) in [6, 6.07) is 24.8. The minimum absolute atomic E-state index is 0.0901. The van der Waals surface area contributed by atoms with Crippen LogP contribution in [0.15, 0.2) is 91.5 Å². The number of ether oxygens (including phenoxy) is 1. The molecule has 0 fully saturated rings. The molecule has 0 aliphatic rings. The largest absolute Gasteiger partial charge is 0.484 e. The maximum absolute atomic E-state index is 6.33. The second-order valence-electron chi connectivity index (χ2n) is 5.75. The van der Waals surface area contributed by atoms with Gasteiger partial charge in [-0.3, -0.25) is 0 Å². The van der Waals surface area contributed by atoms with Crippen LogP contribution in [0.3, 0.4) is 0 Å². The zero-order valence-electron chi connectivity index (χ0n) is 13.2. The number of rotatable bonds is 5. The van der Waals surface area contributed by atoms with Crippen LogP contribution in [0.5, 0.6) is 5.75 Å². The number of para-hydroxylation sites is 1. The van der Waals surface area contributed by atoms with Gasteiger partial charge in [-0.2, -0.15) is 0 Å². The van der Waals surface area contributed by atoms with Gasteiger partial charge >= 0.3 is 0 Å². The summed E-state index contributed by atoms with van der Waals surface area (Å²) in [6.45, 7) is 0.711. The van der Waals surface area contributed by atoms with Gasteiger partial charge in [-0.25, -0.2) is 4.98 Å². The maximum atomic E-state index is 6.33. The Kier molecular flexibility index (Phi) is 3.98. The van der Waals surface area contributed by atoms with Crippen molar-refractivity contribution < 1.29 is 4.74 Å². The highest BCUT2D eigenvalue weighted by molar-refractivity contribution is 5.86. The summed E-state index contributed by atoms with van der Waals surface area (Å²) >= 11 is 0. The fourth-order valence-electron chi connectivity index (χ4n) is 2.98. The maximum Gasteiger partial charge on any atom is 0.142 e. The van der Waals surface area contributed by atoms with Gasteiger partial charge in [-0.05, 0) is 22.9 Å². The smallest absolute Gasteiger partial charge is 0.142 e. The average molecular weight is 314 g/mol. The molecule has 0 radical (unpaired) electrons. The Morgan fingerprint density at radius 1 is 0.875 bits per heavy atom. The monoisotopic (exact) mass is 314 g/mol. The third kappa shape index (κ3) is 3.01. The lowest BCUT2D eigenvalue weighted by Crippen LogP contribution is -2.15. The van der Waals surface area contributed by atoms with E-state index in [0.29, 0.717) is 6.54 Å². The molecule has 0 aliphatic carbocycles. The highest BCUT2D eigenvalue weighted by Crippen LogP contribution is 2.29. The van der Waals surface area contributed by atoms with E-state index in [1.54, 1.807) is 6.20 Å². The molecule has 4 rings (SSSR count). The van der Waals surface area contributed by atoms with E-state index < -0.39 is 0 Å². The molecule has 0 amide bonds. The number of nitrogens with zero attached hydrogens (tertiary/aromatic N) is 2. The Morgan fingerprint density at radius 2 is 1.67 bits per heavy atom. The van der Waals surface area contributed by atoms with Crippen LogP contribution < -0.4 is 4.74 Å². The van der Waals surface area contributed by atoms with E-state index >= 15 is 0 Å². The molecule has 0 spiro atoms. The zero-order valence-corrected chi connectivity index (χ0v) is 13.2. The molecule has 0 bridgehead atoms. The predicted octanol–water partition coefficient (Wildman–Crippen LogP) is 4.86. The van der Waals surface area contributed by atoms with Gasteiger partial charge < -0.3 is 9.30 Å². The van der Waals surface area contributed by atoms with Gasteiger partial charge in [-0.15, -0.1) is 0 Å². The van der Waals surface area contributed by atoms with Crippen LogP contribution in [0.1, 0.15) is 11.7 Å². The molecule has 1 atom stereocenters. The molecule has 4 aromatic rings. The van der Waals surface area contributed by atoms with E-state index in [-0.39, 0.29) is 6.10 Å². The first kappa shape index (κ1) is 14.5. The second-order valence-corrected chi connectivity index (χ2v) is 5.75. The van der Waals surface area contributed by atoms with Gasteiger partial charge in [0.05, 0.1) is 12.9 Å². The van der Waals surface area contributed by atoms with Crippen molar-refractivity contribution in [3.63, 3.8) is 0 Å². The Morgan fingerprint density at radius 3 is 2.50 bits per heavy atom. The average Bonchev–Trinajstić information content (AvgIpc) is 3.15. The van der Waals surface area contributed by atoms with Gasteiger partial charge in [0.15, 0.2) is 0 Å². The van der Waals surface area contributed by atoms with E-state index in [0.717, 1.165) is 5.75 Å². The van der Waals surface area contributed by atoms with Crippen molar-refractivity contribution in [1.82, 2.24) is 9.55 Å². The van der Waals surface area contributed by atoms with Crippen molar-refractivity contribution >= 4 is 10.8 Å². The lowest BCUT2D eigenvalue weighted by atomic mass is 10.00. The topological polar surface area (TPSA) is 27.1 Å². The number of imidazole rings is 1. The van der Waals surface area contributed by atoms with Crippen molar-refractivity contribution in [3.05, 3.63) is 97.1 Å². The minimum Gasteiger partial charge on any atom is -0.484 e. The van der Waals surface area contributed by atoms with Gasteiger partial charge in [-0.1, -0.05) is 60.7 Å². The molecule has 3 nitrogen and oxygen atoms in total. The molecule has 0 saturated carbocycles. The molecule has 1 unspecified atom stereocenters. The highest BCUT2D eigenvalue weighted by atomic mass is 16.5. The molecule has 1 aromatic heterocycles. The van der Waals surface area contributed by atoms with Gasteiger partial charge in [0, 0.05) is 18.0 Å². The fourth-order valence-corrected chi connectivity index (χ4v) is 2.98. The zero-order chi connectivity index (χ0) is 16.2. The minimum atomic E-state index is -0.0901. The predicted molar refractivity (Wildman–Crippen MR) is 96.0 cm³/mol. The lowest BCUT2D eigenvalue weighted by Gasteiger charge is -2.21. The first-order chi connectivity index (χ1) is 11.9. The van der Waals surface area contributed by atoms with Crippen molar-refractivity contribution in [2.75, 3.05) is 0 Å². The van der Waals surface area contributed by atoms with Crippen molar-refractivity contribution in [3.8, 4) is 5.75 Å². The number of benzene rings is 3. The normalized spacial score (nSPS) is 12.2. The SMILES string of the molecule is c1ccc(OC(Cn2ccnc2)c2cccc3ccccc23)cc1. The third-order valence-corrected chi connectivity index (χ3v) is 4.13. The van der Waals surface area contributed by atoms with E-state index in [4.69, 9.17) is 4.74 Å². The standard InChI is InChI=1S/C21H18N2O/c1-2-9-18(10-3-1)24-21(15-23-14-13-22-16-23)20-12-6-8-17-7-4-5-11-19(17)20/h1-14,16,21H,15H2. The quantitative estimate of drug-likeness (QED) is 0.526. The van der Waals surface area contributed by atoms with E-state index in [9.17, 15) is 0 Å². The highest BCUT2D eigenvalue weighted by Gasteiger charge is 2.17. The molecule has 118 valence electrons. The number of fused-ring (bicyclic) bond motifs is 1. The summed E-state index contributed by atoms with van der Waals surface area (Å²) in [5.74, 6) is 0.871. The third-order valence-electron chi connectivity index (χ3n) is 4.13. The Labute approximate surface area is 141 Å². The summed E-state index contributed by atoms with van der Waals surface area (Å²) in [7, 11) is 0. The van der Waals surface area contributed by atoms with Gasteiger partial charge in [0.2, 0.25) is 0 Å². The summed E-state index contributed by atoms with van der Waals surface area (Å²) in [5, 5.41) is 2.45. The van der Waals surface area contributed by atoms with Crippen molar-refractivity contribution in [2.45, 2.75) is 12.6 Å². The van der Waals surface area contributed by atoms with Crippen LogP contribution in [0, 0.1) is 0 Å². The van der Waals surface area contributed by atoms with Crippen LogP contribution in [0.4, 0.5) is 0 Å². The number of hydrogen-bond acceptors (Lipinski definition) is 2. The summed E-state index contributed by atoms with van der Waals surface area (Å²) in [5.41, 5.74) is 1.19. The molecular weight excluding hydrogens is 296 g/mol. The first-order valence-corrected chi connectivity index (χ1v) is 8.05. The van der Waals surface area contributed by atoms with Crippen LogP contribution in [-0.2, 0) is 6.54 Å².